The van der Waals surface area contributed by atoms with Crippen LogP contribution in [0.5, 0.6) is 0 Å². The Balaban J connectivity index is 2.41. The van der Waals surface area contributed by atoms with E-state index >= 15 is 0 Å². The van der Waals surface area contributed by atoms with E-state index in [1.54, 1.807) is 25.4 Å². The Kier molecular flexibility index (Phi) is 2.94. The molecule has 0 aliphatic rings. The van der Waals surface area contributed by atoms with Gasteiger partial charge in [0.1, 0.15) is 11.9 Å². The predicted octanol–water partition coefficient (Wildman–Crippen LogP) is 2.29. The average Bonchev–Trinajstić information content (AvgIpc) is 2.63. The first-order valence-corrected chi connectivity index (χ1v) is 5.08. The maximum absolute atomic E-state index is 13.6. The third-order valence-corrected chi connectivity index (χ3v) is 2.63. The molecule has 1 heterocycles. The Bertz CT molecular complexity index is 512. The lowest BCUT2D eigenvalue weighted by Gasteiger charge is -2.12. The fourth-order valence-corrected chi connectivity index (χ4v) is 1.69. The van der Waals surface area contributed by atoms with Gasteiger partial charge in [0.15, 0.2) is 0 Å². The van der Waals surface area contributed by atoms with Crippen molar-refractivity contribution in [2.75, 3.05) is 0 Å². The van der Waals surface area contributed by atoms with Crippen LogP contribution in [0.3, 0.4) is 0 Å². The quantitative estimate of drug-likeness (QED) is 0.875. The largest absolute Gasteiger partial charge is 0.382 e. The zero-order valence-electron chi connectivity index (χ0n) is 8.56. The van der Waals surface area contributed by atoms with E-state index in [1.165, 1.54) is 16.8 Å². The molecule has 2 aromatic rings. The zero-order valence-corrected chi connectivity index (χ0v) is 9.32. The molecule has 16 heavy (non-hydrogen) atoms. The molecule has 3 nitrogen and oxygen atoms in total. The second-order valence-electron chi connectivity index (χ2n) is 3.45. The molecule has 1 unspecified atom stereocenters. The average molecular weight is 241 g/mol. The second-order valence-corrected chi connectivity index (χ2v) is 3.88. The fraction of sp³-hybridized carbons (Fsp3) is 0.182. The van der Waals surface area contributed by atoms with Crippen LogP contribution in [0.4, 0.5) is 4.39 Å². The number of hydrogen-bond acceptors (Lipinski definition) is 2. The minimum Gasteiger partial charge on any atom is -0.382 e. The lowest BCUT2D eigenvalue weighted by Crippen LogP contribution is -2.08. The molecule has 0 fully saturated rings. The highest BCUT2D eigenvalue weighted by molar-refractivity contribution is 6.30. The van der Waals surface area contributed by atoms with E-state index in [2.05, 4.69) is 5.10 Å². The standard InChI is InChI=1S/C11H10ClFN2O/c1-15-10(4-5-14-15)11(16)8-3-2-7(12)6-9(8)13/h2-6,11,16H,1H3. The molecule has 0 bridgehead atoms. The van der Waals surface area contributed by atoms with Crippen molar-refractivity contribution in [2.24, 2.45) is 7.05 Å². The second kappa shape index (κ2) is 4.23. The molecule has 1 aromatic heterocycles. The molecule has 84 valence electrons. The van der Waals surface area contributed by atoms with Gasteiger partial charge in [-0.2, -0.15) is 5.10 Å². The maximum atomic E-state index is 13.6. The first kappa shape index (κ1) is 11.1. The summed E-state index contributed by atoms with van der Waals surface area (Å²) in [7, 11) is 1.69. The van der Waals surface area contributed by atoms with Gasteiger partial charge in [-0.05, 0) is 18.2 Å². The number of benzene rings is 1. The molecule has 0 radical (unpaired) electrons. The van der Waals surface area contributed by atoms with Crippen molar-refractivity contribution in [3.8, 4) is 0 Å². The van der Waals surface area contributed by atoms with Crippen LogP contribution < -0.4 is 0 Å². The topological polar surface area (TPSA) is 38.0 Å². The molecular weight excluding hydrogens is 231 g/mol. The molecule has 1 N–H and O–H groups in total. The van der Waals surface area contributed by atoms with Gasteiger partial charge in [0.25, 0.3) is 0 Å². The van der Waals surface area contributed by atoms with Crippen molar-refractivity contribution in [1.29, 1.82) is 0 Å². The Morgan fingerprint density at radius 3 is 2.75 bits per heavy atom. The molecule has 0 saturated carbocycles. The molecule has 0 amide bonds. The van der Waals surface area contributed by atoms with Crippen LogP contribution in [0.1, 0.15) is 17.4 Å². The Hall–Kier alpha value is -1.39. The molecule has 1 atom stereocenters. The molecule has 0 aliphatic heterocycles. The molecule has 0 aliphatic carbocycles. The van der Waals surface area contributed by atoms with E-state index in [1.807, 2.05) is 0 Å². The van der Waals surface area contributed by atoms with Gasteiger partial charge in [-0.3, -0.25) is 4.68 Å². The van der Waals surface area contributed by atoms with Crippen LogP contribution in [0.2, 0.25) is 5.02 Å². The summed E-state index contributed by atoms with van der Waals surface area (Å²) >= 11 is 5.64. The van der Waals surface area contributed by atoms with Gasteiger partial charge < -0.3 is 5.11 Å². The molecule has 0 saturated heterocycles. The van der Waals surface area contributed by atoms with Crippen molar-refractivity contribution in [2.45, 2.75) is 6.10 Å². The van der Waals surface area contributed by atoms with Gasteiger partial charge in [-0.25, -0.2) is 4.39 Å². The summed E-state index contributed by atoms with van der Waals surface area (Å²) in [6.45, 7) is 0. The monoisotopic (exact) mass is 240 g/mol. The van der Waals surface area contributed by atoms with E-state index in [-0.39, 0.29) is 5.56 Å². The minimum atomic E-state index is -1.04. The van der Waals surface area contributed by atoms with Crippen molar-refractivity contribution in [1.82, 2.24) is 9.78 Å². The van der Waals surface area contributed by atoms with Crippen LogP contribution >= 0.6 is 11.6 Å². The van der Waals surface area contributed by atoms with E-state index < -0.39 is 11.9 Å². The number of hydrogen-bond donors (Lipinski definition) is 1. The maximum Gasteiger partial charge on any atom is 0.130 e. The van der Waals surface area contributed by atoms with Crippen molar-refractivity contribution in [3.63, 3.8) is 0 Å². The number of aryl methyl sites for hydroxylation is 1. The SMILES string of the molecule is Cn1nccc1C(O)c1ccc(Cl)cc1F. The molecular formula is C11H10ClFN2O. The van der Waals surface area contributed by atoms with Crippen molar-refractivity contribution < 1.29 is 9.50 Å². The fourth-order valence-electron chi connectivity index (χ4n) is 1.53. The Labute approximate surface area is 97.1 Å². The third kappa shape index (κ3) is 1.94. The van der Waals surface area contributed by atoms with Gasteiger partial charge in [-0.1, -0.05) is 17.7 Å². The summed E-state index contributed by atoms with van der Waals surface area (Å²) in [6.07, 6.45) is 0.511. The van der Waals surface area contributed by atoms with Gasteiger partial charge >= 0.3 is 0 Å². The van der Waals surface area contributed by atoms with Crippen LogP contribution in [0.15, 0.2) is 30.5 Å². The lowest BCUT2D eigenvalue weighted by molar-refractivity contribution is 0.204. The van der Waals surface area contributed by atoms with Crippen molar-refractivity contribution >= 4 is 11.6 Å². The van der Waals surface area contributed by atoms with E-state index in [0.29, 0.717) is 10.7 Å². The van der Waals surface area contributed by atoms with Gasteiger partial charge in [0.05, 0.1) is 5.69 Å². The smallest absolute Gasteiger partial charge is 0.130 e. The lowest BCUT2D eigenvalue weighted by atomic mass is 10.1. The number of aliphatic hydroxyl groups is 1. The zero-order chi connectivity index (χ0) is 11.7. The summed E-state index contributed by atoms with van der Waals surface area (Å²) < 4.78 is 15.0. The molecule has 0 spiro atoms. The first-order valence-electron chi connectivity index (χ1n) is 4.70. The van der Waals surface area contributed by atoms with Gasteiger partial charge in [0.2, 0.25) is 0 Å². The van der Waals surface area contributed by atoms with E-state index in [4.69, 9.17) is 11.6 Å². The predicted molar refractivity (Wildman–Crippen MR) is 58.7 cm³/mol. The number of aromatic nitrogens is 2. The Morgan fingerprint density at radius 2 is 2.19 bits per heavy atom. The van der Waals surface area contributed by atoms with Crippen LogP contribution in [-0.2, 0) is 7.05 Å². The van der Waals surface area contributed by atoms with Crippen LogP contribution in [-0.4, -0.2) is 14.9 Å². The van der Waals surface area contributed by atoms with Gasteiger partial charge in [0, 0.05) is 23.8 Å². The molecule has 2 rings (SSSR count). The van der Waals surface area contributed by atoms with E-state index in [9.17, 15) is 9.50 Å². The highest BCUT2D eigenvalue weighted by atomic mass is 35.5. The highest BCUT2D eigenvalue weighted by Gasteiger charge is 2.17. The summed E-state index contributed by atoms with van der Waals surface area (Å²) in [5.41, 5.74) is 0.717. The first-order chi connectivity index (χ1) is 7.59. The summed E-state index contributed by atoms with van der Waals surface area (Å²) in [5.74, 6) is -0.527. The summed E-state index contributed by atoms with van der Waals surface area (Å²) in [5, 5.41) is 14.2. The number of halogens is 2. The Morgan fingerprint density at radius 1 is 1.44 bits per heavy atom. The molecule has 1 aromatic carbocycles. The van der Waals surface area contributed by atoms with Crippen LogP contribution in [0.25, 0.3) is 0 Å². The normalized spacial score (nSPS) is 12.8. The number of nitrogens with zero attached hydrogens (tertiary/aromatic N) is 2. The summed E-state index contributed by atoms with van der Waals surface area (Å²) in [4.78, 5) is 0. The third-order valence-electron chi connectivity index (χ3n) is 2.40. The molecule has 5 heteroatoms. The van der Waals surface area contributed by atoms with E-state index in [0.717, 1.165) is 0 Å². The minimum absolute atomic E-state index is 0.188. The number of rotatable bonds is 2. The van der Waals surface area contributed by atoms with Crippen molar-refractivity contribution in [3.05, 3.63) is 52.6 Å². The van der Waals surface area contributed by atoms with Gasteiger partial charge in [-0.15, -0.1) is 0 Å². The number of aliphatic hydroxyl groups excluding tert-OH is 1. The van der Waals surface area contributed by atoms with Crippen LogP contribution in [0, 0.1) is 5.82 Å². The highest BCUT2D eigenvalue weighted by Crippen LogP contribution is 2.25. The summed E-state index contributed by atoms with van der Waals surface area (Å²) in [6, 6.07) is 5.82.